The molecule has 15 heavy (non-hydrogen) atoms. The summed E-state index contributed by atoms with van der Waals surface area (Å²) in [5.74, 6) is 5.64. The summed E-state index contributed by atoms with van der Waals surface area (Å²) < 4.78 is 18.1. The van der Waals surface area contributed by atoms with Crippen LogP contribution in [0.25, 0.3) is 0 Å². The summed E-state index contributed by atoms with van der Waals surface area (Å²) in [6, 6.07) is 0. The average Bonchev–Trinajstić information content (AvgIpc) is 2.26. The second kappa shape index (κ2) is 6.54. The zero-order chi connectivity index (χ0) is 11.1. The van der Waals surface area contributed by atoms with Crippen LogP contribution in [0.15, 0.2) is 11.2 Å². The van der Waals surface area contributed by atoms with Crippen molar-refractivity contribution >= 4 is 17.7 Å². The summed E-state index contributed by atoms with van der Waals surface area (Å²) in [5.41, 5.74) is 2.27. The van der Waals surface area contributed by atoms with Crippen molar-refractivity contribution in [2.75, 3.05) is 24.9 Å². The van der Waals surface area contributed by atoms with Crippen LogP contribution in [0.3, 0.4) is 0 Å². The molecule has 1 heterocycles. The Balaban J connectivity index is 2.51. The normalized spacial score (nSPS) is 10.3. The molecule has 1 aromatic rings. The molecular weight excluding hydrogens is 219 g/mol. The van der Waals surface area contributed by atoms with Crippen molar-refractivity contribution in [3.8, 4) is 0 Å². The Kier molecular flexibility index (Phi) is 5.30. The Morgan fingerprint density at radius 2 is 2.47 bits per heavy atom. The number of methoxy groups -OCH3 is 1. The second-order valence-corrected chi connectivity index (χ2v) is 3.77. The number of hydrogen-bond acceptors (Lipinski definition) is 6. The molecule has 3 N–H and O–H groups in total. The molecule has 0 saturated heterocycles. The van der Waals surface area contributed by atoms with Gasteiger partial charge in [0.25, 0.3) is 0 Å². The van der Waals surface area contributed by atoms with Gasteiger partial charge in [0.05, 0.1) is 6.20 Å². The predicted octanol–water partition coefficient (Wildman–Crippen LogP) is 1.03. The van der Waals surface area contributed by atoms with Gasteiger partial charge < -0.3 is 4.74 Å². The Labute approximate surface area is 91.6 Å². The molecule has 0 radical (unpaired) electrons. The number of nitrogens with zero attached hydrogens (tertiary/aromatic N) is 2. The van der Waals surface area contributed by atoms with E-state index in [1.54, 1.807) is 7.11 Å². The maximum atomic E-state index is 13.2. The maximum absolute atomic E-state index is 13.2. The van der Waals surface area contributed by atoms with Crippen molar-refractivity contribution in [3.63, 3.8) is 0 Å². The van der Waals surface area contributed by atoms with Gasteiger partial charge in [-0.05, 0) is 6.42 Å². The smallest absolute Gasteiger partial charge is 0.238 e. The standard InChI is InChI=1S/C8H13FN4OS/c1-14-3-2-4-15-7-6(9)5-11-8(12-7)13-10/h5H,2-4,10H2,1H3,(H,11,12,13). The van der Waals surface area contributed by atoms with Crippen LogP contribution in [0.1, 0.15) is 6.42 Å². The van der Waals surface area contributed by atoms with E-state index in [2.05, 4.69) is 15.4 Å². The van der Waals surface area contributed by atoms with Crippen LogP contribution in [0.2, 0.25) is 0 Å². The first-order valence-electron chi connectivity index (χ1n) is 4.39. The zero-order valence-corrected chi connectivity index (χ0v) is 9.18. The highest BCUT2D eigenvalue weighted by Crippen LogP contribution is 2.20. The largest absolute Gasteiger partial charge is 0.385 e. The monoisotopic (exact) mass is 232 g/mol. The molecule has 0 fully saturated rings. The van der Waals surface area contributed by atoms with E-state index < -0.39 is 5.82 Å². The number of nitrogens with two attached hydrogens (primary N) is 1. The van der Waals surface area contributed by atoms with Crippen LogP contribution in [0.5, 0.6) is 0 Å². The number of nitrogen functional groups attached to an aromatic ring is 1. The van der Waals surface area contributed by atoms with Gasteiger partial charge in [0.15, 0.2) is 5.82 Å². The highest BCUT2D eigenvalue weighted by atomic mass is 32.2. The van der Waals surface area contributed by atoms with Crippen molar-refractivity contribution < 1.29 is 9.13 Å². The fraction of sp³-hybridized carbons (Fsp3) is 0.500. The van der Waals surface area contributed by atoms with Crippen LogP contribution in [-0.2, 0) is 4.74 Å². The number of nitrogens with one attached hydrogen (secondary N) is 1. The van der Waals surface area contributed by atoms with E-state index in [0.717, 1.165) is 18.4 Å². The molecule has 0 atom stereocenters. The molecule has 1 aromatic heterocycles. The van der Waals surface area contributed by atoms with E-state index in [4.69, 9.17) is 10.6 Å². The topological polar surface area (TPSA) is 73.1 Å². The van der Waals surface area contributed by atoms with E-state index in [1.807, 2.05) is 0 Å². The lowest BCUT2D eigenvalue weighted by atomic mass is 10.5. The van der Waals surface area contributed by atoms with E-state index in [-0.39, 0.29) is 5.95 Å². The fourth-order valence-electron chi connectivity index (χ4n) is 0.894. The van der Waals surface area contributed by atoms with Gasteiger partial charge in [0.1, 0.15) is 5.03 Å². The lowest BCUT2D eigenvalue weighted by Gasteiger charge is -2.03. The quantitative estimate of drug-likeness (QED) is 0.251. The van der Waals surface area contributed by atoms with Gasteiger partial charge in [-0.3, -0.25) is 5.43 Å². The van der Waals surface area contributed by atoms with Crippen molar-refractivity contribution in [3.05, 3.63) is 12.0 Å². The van der Waals surface area contributed by atoms with Gasteiger partial charge in [-0.15, -0.1) is 11.8 Å². The molecule has 0 unspecified atom stereocenters. The maximum Gasteiger partial charge on any atom is 0.238 e. The first kappa shape index (κ1) is 12.2. The Hall–Kier alpha value is -0.920. The van der Waals surface area contributed by atoms with Crippen LogP contribution < -0.4 is 11.3 Å². The summed E-state index contributed by atoms with van der Waals surface area (Å²) in [7, 11) is 1.63. The number of hydrazine groups is 1. The number of ether oxygens (including phenoxy) is 1. The summed E-state index contributed by atoms with van der Waals surface area (Å²) in [6.45, 7) is 0.654. The molecule has 5 nitrogen and oxygen atoms in total. The zero-order valence-electron chi connectivity index (χ0n) is 8.36. The molecule has 0 aliphatic carbocycles. The van der Waals surface area contributed by atoms with Gasteiger partial charge in [0, 0.05) is 19.5 Å². The minimum Gasteiger partial charge on any atom is -0.385 e. The minimum atomic E-state index is -0.434. The van der Waals surface area contributed by atoms with Crippen LogP contribution >= 0.6 is 11.8 Å². The third-order valence-electron chi connectivity index (χ3n) is 1.57. The molecule has 84 valence electrons. The second-order valence-electron chi connectivity index (χ2n) is 2.69. The van der Waals surface area contributed by atoms with Gasteiger partial charge in [-0.2, -0.15) is 0 Å². The fourth-order valence-corrected chi connectivity index (χ4v) is 1.69. The molecule has 7 heteroatoms. The molecule has 0 aliphatic rings. The van der Waals surface area contributed by atoms with Crippen molar-refractivity contribution in [1.82, 2.24) is 9.97 Å². The van der Waals surface area contributed by atoms with E-state index in [1.165, 1.54) is 11.8 Å². The first-order chi connectivity index (χ1) is 7.27. The summed E-state index contributed by atoms with van der Waals surface area (Å²) in [4.78, 5) is 7.53. The number of thioether (sulfide) groups is 1. The minimum absolute atomic E-state index is 0.214. The van der Waals surface area contributed by atoms with Crippen LogP contribution in [0, 0.1) is 5.82 Å². The van der Waals surface area contributed by atoms with Crippen molar-refractivity contribution in [2.24, 2.45) is 5.84 Å². The Morgan fingerprint density at radius 1 is 1.67 bits per heavy atom. The molecule has 0 aromatic carbocycles. The molecule has 0 spiro atoms. The third kappa shape index (κ3) is 3.98. The highest BCUT2D eigenvalue weighted by Gasteiger charge is 2.06. The summed E-state index contributed by atoms with van der Waals surface area (Å²) in [5, 5.41) is 0.300. The van der Waals surface area contributed by atoms with Crippen molar-refractivity contribution in [1.29, 1.82) is 0 Å². The Morgan fingerprint density at radius 3 is 3.13 bits per heavy atom. The molecule has 0 bridgehead atoms. The number of aromatic nitrogens is 2. The predicted molar refractivity (Wildman–Crippen MR) is 57.0 cm³/mol. The third-order valence-corrected chi connectivity index (χ3v) is 2.63. The van der Waals surface area contributed by atoms with Gasteiger partial charge in [-0.1, -0.05) is 0 Å². The molecular formula is C8H13FN4OS. The van der Waals surface area contributed by atoms with Gasteiger partial charge >= 0.3 is 0 Å². The van der Waals surface area contributed by atoms with Crippen LogP contribution in [-0.4, -0.2) is 29.4 Å². The first-order valence-corrected chi connectivity index (χ1v) is 5.37. The summed E-state index contributed by atoms with van der Waals surface area (Å²) >= 11 is 1.31. The van der Waals surface area contributed by atoms with E-state index >= 15 is 0 Å². The van der Waals surface area contributed by atoms with Crippen molar-refractivity contribution in [2.45, 2.75) is 11.4 Å². The summed E-state index contributed by atoms with van der Waals surface area (Å²) in [6.07, 6.45) is 1.94. The van der Waals surface area contributed by atoms with E-state index in [9.17, 15) is 4.39 Å². The van der Waals surface area contributed by atoms with E-state index in [0.29, 0.717) is 11.6 Å². The van der Waals surface area contributed by atoms with Gasteiger partial charge in [-0.25, -0.2) is 20.2 Å². The Bertz CT molecular complexity index is 313. The highest BCUT2D eigenvalue weighted by molar-refractivity contribution is 7.99. The molecule has 0 aliphatic heterocycles. The number of anilines is 1. The number of hydrogen-bond donors (Lipinski definition) is 2. The SMILES string of the molecule is COCCCSc1nc(NN)ncc1F. The van der Waals surface area contributed by atoms with Gasteiger partial charge in [0.2, 0.25) is 5.95 Å². The average molecular weight is 232 g/mol. The lowest BCUT2D eigenvalue weighted by molar-refractivity contribution is 0.200. The number of rotatable bonds is 6. The number of halogens is 1. The molecule has 1 rings (SSSR count). The van der Waals surface area contributed by atoms with Crippen LogP contribution in [0.4, 0.5) is 10.3 Å². The molecule has 0 amide bonds. The lowest BCUT2D eigenvalue weighted by Crippen LogP contribution is -2.11. The molecule has 0 saturated carbocycles.